The van der Waals surface area contributed by atoms with E-state index in [1.807, 2.05) is 0 Å². The summed E-state index contributed by atoms with van der Waals surface area (Å²) in [6.07, 6.45) is 1.10. The van der Waals surface area contributed by atoms with Gasteiger partial charge < -0.3 is 9.64 Å². The van der Waals surface area contributed by atoms with E-state index in [0.717, 1.165) is 35.1 Å². The number of hydrogen-bond donors (Lipinski definition) is 0. The number of ether oxygens (including phenoxy) is 1. The van der Waals surface area contributed by atoms with Crippen molar-refractivity contribution in [1.82, 2.24) is 4.98 Å². The molecule has 1 aromatic heterocycles. The van der Waals surface area contributed by atoms with Crippen LogP contribution in [0.5, 0.6) is 0 Å². The first-order chi connectivity index (χ1) is 8.82. The largest absolute Gasteiger partial charge is 0.369 e. The Labute approximate surface area is 118 Å². The van der Waals surface area contributed by atoms with Gasteiger partial charge in [-0.2, -0.15) is 0 Å². The zero-order valence-corrected chi connectivity index (χ0v) is 13.1. The highest BCUT2D eigenvalue weighted by Crippen LogP contribution is 2.33. The van der Waals surface area contributed by atoms with E-state index in [1.54, 1.807) is 0 Å². The van der Waals surface area contributed by atoms with Gasteiger partial charge in [-0.25, -0.2) is 4.98 Å². The Balaban J connectivity index is 2.29. The van der Waals surface area contributed by atoms with Crippen LogP contribution in [0.1, 0.15) is 55.9 Å². The highest BCUT2D eigenvalue weighted by atomic mass is 32.1. The van der Waals surface area contributed by atoms with E-state index in [0.29, 0.717) is 0 Å². The lowest BCUT2D eigenvalue weighted by molar-refractivity contribution is -0.0749. The van der Waals surface area contributed by atoms with Crippen LogP contribution in [0, 0.1) is 0 Å². The summed E-state index contributed by atoms with van der Waals surface area (Å²) in [6.45, 7) is 12.0. The normalized spacial score (nSPS) is 22.8. The molecule has 0 N–H and O–H groups in total. The predicted molar refractivity (Wildman–Crippen MR) is 78.4 cm³/mol. The SMILES string of the molecule is CC1CN(c2nc(C(C)C)c(C=O)s2)CC(C)(C)O1. The van der Waals surface area contributed by atoms with Gasteiger partial charge in [0.1, 0.15) is 0 Å². The fraction of sp³-hybridized carbons (Fsp3) is 0.714. The van der Waals surface area contributed by atoms with Crippen molar-refractivity contribution in [2.75, 3.05) is 18.0 Å². The molecular formula is C14H22N2O2S. The summed E-state index contributed by atoms with van der Waals surface area (Å²) in [5, 5.41) is 0.939. The smallest absolute Gasteiger partial charge is 0.186 e. The first-order valence-corrected chi connectivity index (χ1v) is 7.52. The number of thiazole rings is 1. The van der Waals surface area contributed by atoms with E-state index in [-0.39, 0.29) is 17.6 Å². The van der Waals surface area contributed by atoms with E-state index in [1.165, 1.54) is 11.3 Å². The molecule has 0 spiro atoms. The molecule has 106 valence electrons. The molecule has 1 unspecified atom stereocenters. The molecule has 0 aliphatic carbocycles. The van der Waals surface area contributed by atoms with Gasteiger partial charge in [0.15, 0.2) is 11.4 Å². The summed E-state index contributed by atoms with van der Waals surface area (Å²) >= 11 is 1.49. The minimum Gasteiger partial charge on any atom is -0.369 e. The van der Waals surface area contributed by atoms with Crippen LogP contribution in [0.2, 0.25) is 0 Å². The molecule has 0 bridgehead atoms. The molecule has 1 aliphatic heterocycles. The molecular weight excluding hydrogens is 260 g/mol. The second-order valence-corrected chi connectivity index (χ2v) is 7.10. The van der Waals surface area contributed by atoms with E-state index in [4.69, 9.17) is 4.74 Å². The molecule has 0 amide bonds. The van der Waals surface area contributed by atoms with Crippen molar-refractivity contribution in [3.63, 3.8) is 0 Å². The van der Waals surface area contributed by atoms with Crippen LogP contribution in [-0.2, 0) is 4.74 Å². The van der Waals surface area contributed by atoms with Crippen molar-refractivity contribution in [2.24, 2.45) is 0 Å². The molecule has 1 atom stereocenters. The number of nitrogens with zero attached hydrogens (tertiary/aromatic N) is 2. The van der Waals surface area contributed by atoms with Crippen molar-refractivity contribution in [3.05, 3.63) is 10.6 Å². The maximum atomic E-state index is 11.1. The van der Waals surface area contributed by atoms with E-state index >= 15 is 0 Å². The number of morpholine rings is 1. The van der Waals surface area contributed by atoms with Gasteiger partial charge in [0.25, 0.3) is 0 Å². The van der Waals surface area contributed by atoms with Crippen LogP contribution in [0.4, 0.5) is 5.13 Å². The monoisotopic (exact) mass is 282 g/mol. The topological polar surface area (TPSA) is 42.4 Å². The van der Waals surface area contributed by atoms with Gasteiger partial charge in [-0.3, -0.25) is 4.79 Å². The Morgan fingerprint density at radius 2 is 2.21 bits per heavy atom. The van der Waals surface area contributed by atoms with Gasteiger partial charge in [-0.1, -0.05) is 25.2 Å². The quantitative estimate of drug-likeness (QED) is 0.799. The average Bonchev–Trinajstić information content (AvgIpc) is 2.70. The van der Waals surface area contributed by atoms with Gasteiger partial charge >= 0.3 is 0 Å². The summed E-state index contributed by atoms with van der Waals surface area (Å²) < 4.78 is 5.90. The van der Waals surface area contributed by atoms with Crippen LogP contribution < -0.4 is 4.90 Å². The van der Waals surface area contributed by atoms with Crippen molar-refractivity contribution in [3.8, 4) is 0 Å². The van der Waals surface area contributed by atoms with Crippen LogP contribution in [-0.4, -0.2) is 36.1 Å². The standard InChI is InChI=1S/C14H22N2O2S/c1-9(2)12-11(7-17)19-13(15-12)16-6-10(3)18-14(4,5)8-16/h7,9-10H,6,8H2,1-5H3. The van der Waals surface area contributed by atoms with E-state index in [9.17, 15) is 4.79 Å². The van der Waals surface area contributed by atoms with Gasteiger partial charge in [0, 0.05) is 13.1 Å². The second-order valence-electron chi connectivity index (χ2n) is 6.09. The average molecular weight is 282 g/mol. The number of rotatable bonds is 3. The van der Waals surface area contributed by atoms with Crippen LogP contribution in [0.3, 0.4) is 0 Å². The number of carbonyl (C=O) groups excluding carboxylic acids is 1. The van der Waals surface area contributed by atoms with Crippen LogP contribution in [0.25, 0.3) is 0 Å². The lowest BCUT2D eigenvalue weighted by Crippen LogP contribution is -2.52. The number of carbonyl (C=O) groups is 1. The van der Waals surface area contributed by atoms with E-state index < -0.39 is 0 Å². The zero-order valence-electron chi connectivity index (χ0n) is 12.3. The molecule has 1 fully saturated rings. The van der Waals surface area contributed by atoms with Gasteiger partial charge in [0.2, 0.25) is 0 Å². The van der Waals surface area contributed by atoms with Gasteiger partial charge in [0.05, 0.1) is 22.3 Å². The lowest BCUT2D eigenvalue weighted by Gasteiger charge is -2.41. The number of aldehydes is 1. The van der Waals surface area contributed by atoms with Crippen LogP contribution in [0.15, 0.2) is 0 Å². The highest BCUT2D eigenvalue weighted by molar-refractivity contribution is 7.17. The predicted octanol–water partition coefficient (Wildman–Crippen LogP) is 3.08. The van der Waals surface area contributed by atoms with E-state index in [2.05, 4.69) is 44.5 Å². The highest BCUT2D eigenvalue weighted by Gasteiger charge is 2.33. The molecule has 5 heteroatoms. The molecule has 1 aliphatic rings. The molecule has 1 saturated heterocycles. The third kappa shape index (κ3) is 3.15. The van der Waals surface area contributed by atoms with Crippen molar-refractivity contribution in [2.45, 2.75) is 52.2 Å². The molecule has 2 heterocycles. The molecule has 19 heavy (non-hydrogen) atoms. The third-order valence-electron chi connectivity index (χ3n) is 3.16. The van der Waals surface area contributed by atoms with Crippen molar-refractivity contribution in [1.29, 1.82) is 0 Å². The lowest BCUT2D eigenvalue weighted by atomic mass is 10.1. The maximum absolute atomic E-state index is 11.1. The van der Waals surface area contributed by atoms with Crippen molar-refractivity contribution < 1.29 is 9.53 Å². The zero-order chi connectivity index (χ0) is 14.2. The minimum atomic E-state index is -0.178. The number of aromatic nitrogens is 1. The Morgan fingerprint density at radius 3 is 2.68 bits per heavy atom. The first-order valence-electron chi connectivity index (χ1n) is 6.71. The molecule has 1 aromatic rings. The number of hydrogen-bond acceptors (Lipinski definition) is 5. The Hall–Kier alpha value is -0.940. The fourth-order valence-electron chi connectivity index (χ4n) is 2.56. The number of anilines is 1. The maximum Gasteiger partial charge on any atom is 0.186 e. The summed E-state index contributed by atoms with van der Waals surface area (Å²) in [7, 11) is 0. The minimum absolute atomic E-state index is 0.176. The molecule has 0 radical (unpaired) electrons. The Bertz CT molecular complexity index is 468. The van der Waals surface area contributed by atoms with Gasteiger partial charge in [-0.15, -0.1) is 0 Å². The first kappa shape index (κ1) is 14.5. The van der Waals surface area contributed by atoms with Crippen LogP contribution >= 0.6 is 11.3 Å². The molecule has 2 rings (SSSR count). The Morgan fingerprint density at radius 1 is 1.53 bits per heavy atom. The Kier molecular flexibility index (Phi) is 3.97. The summed E-state index contributed by atoms with van der Waals surface area (Å²) in [6, 6.07) is 0. The third-order valence-corrected chi connectivity index (χ3v) is 4.22. The second kappa shape index (κ2) is 5.21. The summed E-state index contributed by atoms with van der Waals surface area (Å²) in [5.74, 6) is 0.275. The summed E-state index contributed by atoms with van der Waals surface area (Å²) in [5.41, 5.74) is 0.731. The summed E-state index contributed by atoms with van der Waals surface area (Å²) in [4.78, 5) is 18.8. The molecule has 4 nitrogen and oxygen atoms in total. The van der Waals surface area contributed by atoms with Gasteiger partial charge in [-0.05, 0) is 26.7 Å². The fourth-order valence-corrected chi connectivity index (χ4v) is 3.61. The molecule has 0 saturated carbocycles. The molecule has 0 aromatic carbocycles. The van der Waals surface area contributed by atoms with Crippen molar-refractivity contribution >= 4 is 22.8 Å².